The first-order chi connectivity index (χ1) is 9.04. The fourth-order valence-corrected chi connectivity index (χ4v) is 2.10. The molecule has 0 bridgehead atoms. The Bertz CT molecular complexity index is 687. The van der Waals surface area contributed by atoms with Crippen LogP contribution in [0.2, 0.25) is 5.02 Å². The van der Waals surface area contributed by atoms with Crippen molar-refractivity contribution >= 4 is 34.4 Å². The van der Waals surface area contributed by atoms with E-state index < -0.39 is 11.9 Å². The number of benzene rings is 1. The topological polar surface area (TPSA) is 79.5 Å². The monoisotopic (exact) mass is 279 g/mol. The van der Waals surface area contributed by atoms with Gasteiger partial charge in [-0.25, -0.2) is 4.79 Å². The van der Waals surface area contributed by atoms with E-state index >= 15 is 0 Å². The number of carbonyl (C=O) groups is 2. The first kappa shape index (κ1) is 13.3. The molecule has 0 aliphatic heterocycles. The molecule has 0 fully saturated rings. The molecule has 5 nitrogen and oxygen atoms in total. The van der Waals surface area contributed by atoms with Gasteiger partial charge in [0, 0.05) is 29.3 Å². The number of fused-ring (bicyclic) bond motifs is 1. The lowest BCUT2D eigenvalue weighted by atomic mass is 10.2. The molecular formula is C13H10ClNO4. The maximum atomic E-state index is 11.9. The van der Waals surface area contributed by atoms with Crippen molar-refractivity contribution < 1.29 is 19.8 Å². The largest absolute Gasteiger partial charge is 0.478 e. The number of aromatic nitrogens is 1. The van der Waals surface area contributed by atoms with Crippen molar-refractivity contribution in [3.63, 3.8) is 0 Å². The van der Waals surface area contributed by atoms with Crippen LogP contribution in [0.1, 0.15) is 10.4 Å². The maximum absolute atomic E-state index is 11.9. The fourth-order valence-electron chi connectivity index (χ4n) is 1.83. The van der Waals surface area contributed by atoms with E-state index in [4.69, 9.17) is 16.7 Å². The number of nitrogens with zero attached hydrogens (tertiary/aromatic N) is 1. The van der Waals surface area contributed by atoms with Crippen molar-refractivity contribution in [2.75, 3.05) is 0 Å². The van der Waals surface area contributed by atoms with E-state index in [-0.39, 0.29) is 6.61 Å². The molecule has 1 aromatic heterocycles. The molecule has 2 aromatic rings. The Morgan fingerprint density at radius 2 is 2.05 bits per heavy atom. The summed E-state index contributed by atoms with van der Waals surface area (Å²) < 4.78 is 1.22. The number of rotatable bonds is 3. The van der Waals surface area contributed by atoms with Crippen LogP contribution in [0.5, 0.6) is 0 Å². The first-order valence-electron chi connectivity index (χ1n) is 5.39. The minimum absolute atomic E-state index is 0.236. The summed E-state index contributed by atoms with van der Waals surface area (Å²) in [6.07, 6.45) is 3.14. The molecule has 1 aromatic carbocycles. The summed E-state index contributed by atoms with van der Waals surface area (Å²) in [4.78, 5) is 22.3. The van der Waals surface area contributed by atoms with Gasteiger partial charge in [0.2, 0.25) is 0 Å². The molecule has 0 unspecified atom stereocenters. The van der Waals surface area contributed by atoms with Gasteiger partial charge >= 0.3 is 5.97 Å². The van der Waals surface area contributed by atoms with Crippen LogP contribution in [-0.2, 0) is 11.4 Å². The van der Waals surface area contributed by atoms with Gasteiger partial charge in [-0.1, -0.05) is 23.7 Å². The lowest BCUT2D eigenvalue weighted by molar-refractivity contribution is -0.131. The Balaban J connectivity index is 2.60. The molecule has 0 amide bonds. The fraction of sp³-hybridized carbons (Fsp3) is 0.0769. The van der Waals surface area contributed by atoms with Gasteiger partial charge < -0.3 is 10.2 Å². The van der Waals surface area contributed by atoms with Crippen molar-refractivity contribution in [3.8, 4) is 0 Å². The minimum Gasteiger partial charge on any atom is -0.478 e. The zero-order valence-electron chi connectivity index (χ0n) is 9.71. The lowest BCUT2D eigenvalue weighted by Crippen LogP contribution is -2.06. The predicted molar refractivity (Wildman–Crippen MR) is 70.3 cm³/mol. The van der Waals surface area contributed by atoms with Gasteiger partial charge in [0.25, 0.3) is 5.91 Å². The number of aliphatic carboxylic acids is 1. The highest BCUT2D eigenvalue weighted by Crippen LogP contribution is 2.28. The highest BCUT2D eigenvalue weighted by Gasteiger charge is 2.14. The van der Waals surface area contributed by atoms with E-state index in [2.05, 4.69) is 0 Å². The number of hydrogen-bond donors (Lipinski definition) is 2. The molecule has 2 rings (SSSR count). The summed E-state index contributed by atoms with van der Waals surface area (Å²) in [6.45, 7) is -0.236. The van der Waals surface area contributed by atoms with E-state index in [0.29, 0.717) is 21.5 Å². The summed E-state index contributed by atoms with van der Waals surface area (Å²) in [5.41, 5.74) is 1.00. The molecule has 1 heterocycles. The second-order valence-electron chi connectivity index (χ2n) is 3.83. The predicted octanol–water partition coefficient (Wildman–Crippen LogP) is 2.07. The van der Waals surface area contributed by atoms with Crippen LogP contribution < -0.4 is 0 Å². The number of carboxylic acids is 1. The number of carboxylic acid groups (broad SMARTS) is 1. The number of hydrogen-bond acceptors (Lipinski definition) is 3. The normalized spacial score (nSPS) is 11.3. The van der Waals surface area contributed by atoms with Crippen LogP contribution in [-0.4, -0.2) is 26.7 Å². The average Bonchev–Trinajstić information content (AvgIpc) is 2.76. The Morgan fingerprint density at radius 3 is 2.68 bits per heavy atom. The van der Waals surface area contributed by atoms with Gasteiger partial charge in [-0.3, -0.25) is 9.36 Å². The number of allylic oxidation sites excluding steroid dienone is 1. The Morgan fingerprint density at radius 1 is 1.32 bits per heavy atom. The molecule has 2 N–H and O–H groups in total. The smallest absolute Gasteiger partial charge is 0.328 e. The maximum Gasteiger partial charge on any atom is 0.328 e. The Labute approximate surface area is 113 Å². The number of carbonyl (C=O) groups excluding carboxylic acids is 1. The SMILES string of the molecule is O=C(O)/C=C/C(=O)n1cc(CO)c2cccc(Cl)c21. The third kappa shape index (κ3) is 2.52. The van der Waals surface area contributed by atoms with Crippen molar-refractivity contribution in [1.82, 2.24) is 4.57 Å². The highest BCUT2D eigenvalue weighted by molar-refractivity contribution is 6.35. The molecule has 0 saturated heterocycles. The van der Waals surface area contributed by atoms with Crippen LogP contribution in [0.3, 0.4) is 0 Å². The van der Waals surface area contributed by atoms with Gasteiger partial charge in [-0.05, 0) is 6.07 Å². The van der Waals surface area contributed by atoms with Crippen LogP contribution in [0.25, 0.3) is 10.9 Å². The number of aliphatic hydroxyl groups excluding tert-OH is 1. The molecule has 0 atom stereocenters. The zero-order chi connectivity index (χ0) is 14.0. The number of para-hydroxylation sites is 1. The van der Waals surface area contributed by atoms with Gasteiger partial charge in [0.1, 0.15) is 0 Å². The molecule has 0 radical (unpaired) electrons. The first-order valence-corrected chi connectivity index (χ1v) is 5.77. The third-order valence-corrected chi connectivity index (χ3v) is 2.94. The average molecular weight is 280 g/mol. The van der Waals surface area contributed by atoms with Gasteiger partial charge in [-0.15, -0.1) is 0 Å². The lowest BCUT2D eigenvalue weighted by Gasteiger charge is -2.01. The van der Waals surface area contributed by atoms with Crippen LogP contribution in [0.15, 0.2) is 36.5 Å². The zero-order valence-corrected chi connectivity index (χ0v) is 10.5. The Kier molecular flexibility index (Phi) is 3.69. The molecule has 0 spiro atoms. The molecule has 0 aliphatic rings. The van der Waals surface area contributed by atoms with E-state index in [9.17, 15) is 14.7 Å². The number of halogens is 1. The summed E-state index contributed by atoms with van der Waals surface area (Å²) in [6, 6.07) is 5.07. The van der Waals surface area contributed by atoms with E-state index in [1.165, 1.54) is 10.8 Å². The van der Waals surface area contributed by atoms with Gasteiger partial charge in [0.05, 0.1) is 17.1 Å². The quantitative estimate of drug-likeness (QED) is 0.843. The van der Waals surface area contributed by atoms with E-state index in [0.717, 1.165) is 12.2 Å². The standard InChI is InChI=1S/C13H10ClNO4/c14-10-3-1-2-9-8(7-16)6-15(13(9)10)11(17)4-5-12(18)19/h1-6,16H,7H2,(H,18,19)/b5-4+. The Hall–Kier alpha value is -2.11. The van der Waals surface area contributed by atoms with Crippen molar-refractivity contribution in [1.29, 1.82) is 0 Å². The second-order valence-corrected chi connectivity index (χ2v) is 4.24. The highest BCUT2D eigenvalue weighted by atomic mass is 35.5. The molecule has 98 valence electrons. The second kappa shape index (κ2) is 5.26. The van der Waals surface area contributed by atoms with Gasteiger partial charge in [0.15, 0.2) is 0 Å². The summed E-state index contributed by atoms with van der Waals surface area (Å²) in [5.74, 6) is -1.75. The van der Waals surface area contributed by atoms with Gasteiger partial charge in [-0.2, -0.15) is 0 Å². The van der Waals surface area contributed by atoms with Crippen molar-refractivity contribution in [2.24, 2.45) is 0 Å². The number of aliphatic hydroxyl groups is 1. The minimum atomic E-state index is -1.21. The summed E-state index contributed by atoms with van der Waals surface area (Å²) >= 11 is 6.04. The molecule has 6 heteroatoms. The van der Waals surface area contributed by atoms with Crippen LogP contribution in [0, 0.1) is 0 Å². The van der Waals surface area contributed by atoms with Crippen molar-refractivity contribution in [3.05, 3.63) is 47.1 Å². The van der Waals surface area contributed by atoms with Crippen molar-refractivity contribution in [2.45, 2.75) is 6.61 Å². The van der Waals surface area contributed by atoms with E-state index in [1.807, 2.05) is 0 Å². The summed E-state index contributed by atoms with van der Waals surface area (Å²) in [5, 5.41) is 18.8. The third-order valence-electron chi connectivity index (χ3n) is 2.63. The summed E-state index contributed by atoms with van der Waals surface area (Å²) in [7, 11) is 0. The van der Waals surface area contributed by atoms with Crippen LogP contribution in [0.4, 0.5) is 0 Å². The molecular weight excluding hydrogens is 270 g/mol. The molecule has 0 saturated carbocycles. The molecule has 19 heavy (non-hydrogen) atoms. The molecule has 0 aliphatic carbocycles. The van der Waals surface area contributed by atoms with Crippen LogP contribution >= 0.6 is 11.6 Å². The van der Waals surface area contributed by atoms with E-state index in [1.54, 1.807) is 18.2 Å².